The first-order valence-electron chi connectivity index (χ1n) is 41.1. The van der Waals surface area contributed by atoms with E-state index in [-0.39, 0.29) is 101 Å². The van der Waals surface area contributed by atoms with Crippen LogP contribution in [-0.2, 0) is 25.0 Å². The van der Waals surface area contributed by atoms with Gasteiger partial charge in [-0.05, 0) is 157 Å². The van der Waals surface area contributed by atoms with Gasteiger partial charge in [0.05, 0.1) is 56.1 Å². The smallest absolute Gasteiger partial charge is 0.354 e. The summed E-state index contributed by atoms with van der Waals surface area (Å²) in [6.07, 6.45) is 0. The molecule has 0 atom stereocenters. The Morgan fingerprint density at radius 3 is 1.37 bits per heavy atom. The van der Waals surface area contributed by atoms with Gasteiger partial charge >= 0.3 is 22.5 Å². The van der Waals surface area contributed by atoms with E-state index in [0.29, 0.717) is 97.4 Å². The molecule has 21 rings (SSSR count). The number of ether oxygens (including phenoxy) is 4. The topological polar surface area (TPSA) is 347 Å². The Balaban J connectivity index is 0.000000120. The molecule has 2 aliphatic rings. The molecule has 25 nitrogen and oxygen atoms in total. The Bertz CT molecular complexity index is 8630. The molecule has 0 radical (unpaired) electrons. The van der Waals surface area contributed by atoms with E-state index in [9.17, 15) is 72.7 Å². The highest BCUT2D eigenvalue weighted by atomic mass is 35.5. The van der Waals surface area contributed by atoms with Crippen LogP contribution in [0.15, 0.2) is 350 Å². The standard InChI is InChI=1S/C27H20FNO6S.C26H16ClNO6S.C25H16FNO5S.C24H18ClNO4S/c1-33-17-4-3-5-19(12-17)36-25-23(30)22-24(35-27(25)32)20-11-10-18(34-2)13-21(20)29(26(22)31)14-15-6-8-16(28)9-7-15;27-15-7-4-8-16(9-15)35-24-22(29)21-23(34-26(24)31)17-10-19-20(33-13-32-19)11-18(17)28(25(21)30)12-14-5-2-1-3-6-14;26-15-7-4-8-17(11-15)33-23-21(29)20-22(32-25(23)31)18-10-9-16(28)12-19(18)27(24(20)30)13-14-5-2-1-3-6-14;1-12-5-4-6-14(9-12)31-21-20(27)19-17(30-23(21)29)11-18-24(2,3)15-10-13(25)7-8-16(15)26(18)22(19)28/h3-13,30H,14H2,1-2H3;1-11,29H,12-13H2;1-12,28-29H,13H2;4-11,27H,1-3H3. The number of pyridine rings is 4. The summed E-state index contributed by atoms with van der Waals surface area (Å²) in [5.41, 5.74) is 1.21. The Labute approximate surface area is 787 Å². The van der Waals surface area contributed by atoms with Crippen molar-refractivity contribution in [1.29, 1.82) is 0 Å². The van der Waals surface area contributed by atoms with Crippen molar-refractivity contribution in [3.8, 4) is 57.4 Å². The summed E-state index contributed by atoms with van der Waals surface area (Å²) in [4.78, 5) is 108. The molecule has 19 aromatic rings. The first-order valence-corrected chi connectivity index (χ1v) is 45.2. The third-order valence-corrected chi connectivity index (χ3v) is 27.2. The Hall–Kier alpha value is -15.1. The molecule has 0 saturated carbocycles. The van der Waals surface area contributed by atoms with E-state index in [2.05, 4.69) is 0 Å². The zero-order valence-corrected chi connectivity index (χ0v) is 76.1. The Kier molecular flexibility index (Phi) is 24.9. The lowest BCUT2D eigenvalue weighted by molar-refractivity contribution is 0.174. The van der Waals surface area contributed by atoms with Gasteiger partial charge in [0.15, 0.2) is 51.2 Å². The van der Waals surface area contributed by atoms with Crippen molar-refractivity contribution in [2.24, 2.45) is 0 Å². The Morgan fingerprint density at radius 2 is 0.837 bits per heavy atom. The average Bonchev–Trinajstić information content (AvgIpc) is 1.57. The lowest BCUT2D eigenvalue weighted by atomic mass is 9.83. The molecule has 676 valence electrons. The molecule has 0 fully saturated rings. The summed E-state index contributed by atoms with van der Waals surface area (Å²) in [5, 5.41) is 56.3. The van der Waals surface area contributed by atoms with Crippen LogP contribution >= 0.6 is 70.2 Å². The molecule has 2 aliphatic heterocycles. The van der Waals surface area contributed by atoms with E-state index in [1.807, 2.05) is 112 Å². The normalized spacial score (nSPS) is 12.2. The summed E-state index contributed by atoms with van der Waals surface area (Å²) < 4.78 is 76.9. The van der Waals surface area contributed by atoms with Crippen LogP contribution in [0.25, 0.3) is 82.3 Å². The number of aromatic hydroxyl groups is 5. The van der Waals surface area contributed by atoms with Crippen LogP contribution in [0.5, 0.6) is 51.7 Å². The van der Waals surface area contributed by atoms with Gasteiger partial charge < -0.3 is 75.8 Å². The van der Waals surface area contributed by atoms with Crippen LogP contribution < -0.4 is 63.7 Å². The maximum Gasteiger partial charge on any atom is 0.354 e. The lowest BCUT2D eigenvalue weighted by Gasteiger charge is -2.20. The SMILES string of the molecule is COc1cccc(Sc2c(O)c3c(=O)n(Cc4ccc(F)cc4)c4cc(OC)ccc4c3oc2=O)c1.Cc1cccc(Sc2c(O)c3c(=O)n4c(cc3oc2=O)C(C)(C)c2cc(Cl)ccc2-4)c1.O=c1oc2c(c(O)c1Sc1cccc(Cl)c1)c(=O)n(Cc1ccccc1)c1cc3c(cc21)OCO3.O=c1oc2c(c(O)c1Sc1cccc(F)c1)c(=O)n(Cc1ccccc1)c1cc(O)ccc21. The van der Waals surface area contributed by atoms with Crippen molar-refractivity contribution in [2.75, 3.05) is 21.0 Å². The molecular formula is C102H70Cl2F2N4O21S4. The fraction of sp³-hybridized carbons (Fsp3) is 0.0980. The number of benzene rings is 11. The fourth-order valence-corrected chi connectivity index (χ4v) is 20.1. The van der Waals surface area contributed by atoms with E-state index in [1.54, 1.807) is 120 Å². The Morgan fingerprint density at radius 1 is 0.393 bits per heavy atom. The van der Waals surface area contributed by atoms with E-state index < -0.39 is 79.0 Å². The molecule has 0 unspecified atom stereocenters. The highest BCUT2D eigenvalue weighted by Crippen LogP contribution is 2.48. The van der Waals surface area contributed by atoms with Crippen LogP contribution in [0.1, 0.15) is 47.4 Å². The van der Waals surface area contributed by atoms with Gasteiger partial charge in [-0.25, -0.2) is 28.0 Å². The van der Waals surface area contributed by atoms with Crippen LogP contribution in [-0.4, -0.2) is 64.8 Å². The van der Waals surface area contributed by atoms with Gasteiger partial charge in [-0.2, -0.15) is 0 Å². The van der Waals surface area contributed by atoms with Gasteiger partial charge in [0.2, 0.25) is 6.79 Å². The average molecular weight is 1920 g/mol. The number of phenols is 1. The minimum absolute atomic E-state index is 0.00874. The molecule has 8 aromatic heterocycles. The molecule has 11 aromatic carbocycles. The number of halogens is 4. The number of aromatic nitrogens is 4. The van der Waals surface area contributed by atoms with Gasteiger partial charge in [-0.15, -0.1) is 0 Å². The number of hydrogen-bond donors (Lipinski definition) is 5. The van der Waals surface area contributed by atoms with E-state index in [0.717, 1.165) is 74.2 Å². The zero-order valence-electron chi connectivity index (χ0n) is 71.3. The van der Waals surface area contributed by atoms with E-state index in [1.165, 1.54) is 76.5 Å². The van der Waals surface area contributed by atoms with Gasteiger partial charge in [-0.3, -0.25) is 23.7 Å². The lowest BCUT2D eigenvalue weighted by Crippen LogP contribution is -2.24. The predicted octanol–water partition coefficient (Wildman–Crippen LogP) is 20.8. The number of rotatable bonds is 16. The van der Waals surface area contributed by atoms with E-state index >= 15 is 0 Å². The van der Waals surface area contributed by atoms with Gasteiger partial charge in [0.1, 0.15) is 75.6 Å². The second kappa shape index (κ2) is 37.1. The van der Waals surface area contributed by atoms with Crippen LogP contribution in [0.4, 0.5) is 8.78 Å². The summed E-state index contributed by atoms with van der Waals surface area (Å²) in [5.74, 6) is -0.741. The third-order valence-electron chi connectivity index (χ3n) is 22.5. The molecule has 10 heterocycles. The maximum absolute atomic E-state index is 13.8. The first-order chi connectivity index (χ1) is 65.0. The van der Waals surface area contributed by atoms with Crippen LogP contribution in [0.3, 0.4) is 0 Å². The maximum atomic E-state index is 13.8. The van der Waals surface area contributed by atoms with Crippen molar-refractivity contribution in [1.82, 2.24) is 18.3 Å². The number of aryl methyl sites for hydroxylation is 1. The van der Waals surface area contributed by atoms with Crippen molar-refractivity contribution < 1.29 is 70.9 Å². The number of methoxy groups -OCH3 is 2. The first kappa shape index (κ1) is 90.4. The fourth-order valence-electron chi connectivity index (χ4n) is 16.0. The molecule has 0 bridgehead atoms. The molecule has 0 spiro atoms. The van der Waals surface area contributed by atoms with Gasteiger partial charge in [-0.1, -0.05) is 193 Å². The van der Waals surface area contributed by atoms with Crippen LogP contribution in [0, 0.1) is 18.6 Å². The number of fused-ring (bicyclic) bond motifs is 14. The number of hydrogen-bond acceptors (Lipinski definition) is 25. The predicted molar refractivity (Wildman–Crippen MR) is 514 cm³/mol. The quantitative estimate of drug-likeness (QED) is 0.0561. The molecule has 0 saturated heterocycles. The summed E-state index contributed by atoms with van der Waals surface area (Å²) in [6.45, 7) is 6.44. The van der Waals surface area contributed by atoms with Crippen molar-refractivity contribution in [3.63, 3.8) is 0 Å². The molecule has 33 heteroatoms. The van der Waals surface area contributed by atoms with Crippen molar-refractivity contribution in [2.45, 2.75) is 85.0 Å². The largest absolute Gasteiger partial charge is 0.508 e. The summed E-state index contributed by atoms with van der Waals surface area (Å²) in [7, 11) is 3.02. The molecule has 135 heavy (non-hydrogen) atoms. The number of nitrogens with zero attached hydrogens (tertiary/aromatic N) is 4. The van der Waals surface area contributed by atoms with Crippen molar-refractivity contribution >= 4 is 147 Å². The second-order valence-corrected chi connectivity index (χ2v) is 36.7. The molecule has 0 amide bonds. The van der Waals surface area contributed by atoms with Crippen LogP contribution in [0.2, 0.25) is 10.0 Å². The highest BCUT2D eigenvalue weighted by Gasteiger charge is 2.39. The second-order valence-electron chi connectivity index (χ2n) is 31.5. The minimum Gasteiger partial charge on any atom is -0.508 e. The molecule has 0 aliphatic carbocycles. The van der Waals surface area contributed by atoms with Crippen molar-refractivity contribution in [3.05, 3.63) is 393 Å². The molecule has 5 N–H and O–H groups in total. The summed E-state index contributed by atoms with van der Waals surface area (Å²) >= 11 is 16.1. The zero-order chi connectivity index (χ0) is 94.7. The van der Waals surface area contributed by atoms with E-state index in [4.69, 9.17) is 59.8 Å². The van der Waals surface area contributed by atoms with Gasteiger partial charge in [0, 0.05) is 81.2 Å². The molecular weight excluding hydrogens is 1850 g/mol. The monoisotopic (exact) mass is 1920 g/mol. The minimum atomic E-state index is -0.858. The number of phenolic OH excluding ortho intramolecular Hbond substituents is 1. The van der Waals surface area contributed by atoms with Gasteiger partial charge in [0.25, 0.3) is 22.2 Å². The highest BCUT2D eigenvalue weighted by molar-refractivity contribution is 8.00. The summed E-state index contributed by atoms with van der Waals surface area (Å²) in [6, 6.07) is 71.0. The third kappa shape index (κ3) is 17.6.